The van der Waals surface area contributed by atoms with Gasteiger partial charge >= 0.3 is 5.97 Å². The molecule has 2 atom stereocenters. The Morgan fingerprint density at radius 3 is 2.95 bits per heavy atom. The van der Waals surface area contributed by atoms with Gasteiger partial charge in [-0.25, -0.2) is 0 Å². The molecule has 2 unspecified atom stereocenters. The van der Waals surface area contributed by atoms with Gasteiger partial charge in [-0.3, -0.25) is 9.59 Å². The van der Waals surface area contributed by atoms with Crippen molar-refractivity contribution >= 4 is 11.9 Å². The fraction of sp³-hybridized carbons (Fsp3) is 0.500. The highest BCUT2D eigenvalue weighted by Crippen LogP contribution is 2.27. The van der Waals surface area contributed by atoms with Gasteiger partial charge in [-0.05, 0) is 43.0 Å². The summed E-state index contributed by atoms with van der Waals surface area (Å²) in [4.78, 5) is 23.3. The number of carbonyl (C=O) groups is 2. The van der Waals surface area contributed by atoms with Crippen molar-refractivity contribution in [3.05, 3.63) is 29.3 Å². The summed E-state index contributed by atoms with van der Waals surface area (Å²) in [5.41, 5.74) is 1.69. The molecule has 0 bridgehead atoms. The molecule has 2 aliphatic rings. The molecule has 0 radical (unpaired) electrons. The SMILES string of the molecule is O=C(NC1CCCC(C(=O)O)C1)c1ccc2c(c1)CCO2. The Hall–Kier alpha value is -2.04. The summed E-state index contributed by atoms with van der Waals surface area (Å²) in [6, 6.07) is 5.42. The number of aliphatic carboxylic acids is 1. The fourth-order valence-corrected chi connectivity index (χ4v) is 3.14. The summed E-state index contributed by atoms with van der Waals surface area (Å²) < 4.78 is 5.43. The van der Waals surface area contributed by atoms with Crippen molar-refractivity contribution in [1.82, 2.24) is 5.32 Å². The molecular formula is C16H19NO4. The summed E-state index contributed by atoms with van der Waals surface area (Å²) in [5.74, 6) is -0.364. The monoisotopic (exact) mass is 289 g/mol. The van der Waals surface area contributed by atoms with Crippen LogP contribution in [0.4, 0.5) is 0 Å². The number of fused-ring (bicyclic) bond motifs is 1. The molecular weight excluding hydrogens is 270 g/mol. The second-order valence-corrected chi connectivity index (χ2v) is 5.79. The highest BCUT2D eigenvalue weighted by Gasteiger charge is 2.28. The average molecular weight is 289 g/mol. The van der Waals surface area contributed by atoms with Gasteiger partial charge in [-0.15, -0.1) is 0 Å². The first-order valence-corrected chi connectivity index (χ1v) is 7.43. The van der Waals surface area contributed by atoms with E-state index in [-0.39, 0.29) is 17.9 Å². The maximum absolute atomic E-state index is 12.3. The standard InChI is InChI=1S/C16H19NO4/c18-15(11-4-5-14-10(8-11)6-7-21-14)17-13-3-1-2-12(9-13)16(19)20/h4-5,8,12-13H,1-3,6-7,9H2,(H,17,18)(H,19,20). The Balaban J connectivity index is 1.64. The van der Waals surface area contributed by atoms with Crippen LogP contribution in [0.3, 0.4) is 0 Å². The summed E-state index contributed by atoms with van der Waals surface area (Å²) in [7, 11) is 0. The lowest BCUT2D eigenvalue weighted by atomic mass is 9.85. The van der Waals surface area contributed by atoms with E-state index < -0.39 is 5.97 Å². The van der Waals surface area contributed by atoms with Gasteiger partial charge in [0.1, 0.15) is 5.75 Å². The molecule has 1 aromatic carbocycles. The molecule has 5 nitrogen and oxygen atoms in total. The molecule has 1 heterocycles. The summed E-state index contributed by atoms with van der Waals surface area (Å²) >= 11 is 0. The normalized spacial score (nSPS) is 24.0. The molecule has 1 amide bonds. The van der Waals surface area contributed by atoms with Crippen LogP contribution in [-0.4, -0.2) is 29.6 Å². The van der Waals surface area contributed by atoms with Crippen LogP contribution < -0.4 is 10.1 Å². The number of hydrogen-bond acceptors (Lipinski definition) is 3. The van der Waals surface area contributed by atoms with E-state index in [1.165, 1.54) is 0 Å². The van der Waals surface area contributed by atoms with Crippen molar-refractivity contribution in [1.29, 1.82) is 0 Å². The molecule has 0 spiro atoms. The molecule has 0 saturated heterocycles. The number of carboxylic acid groups (broad SMARTS) is 1. The highest BCUT2D eigenvalue weighted by molar-refractivity contribution is 5.94. The number of rotatable bonds is 3. The van der Waals surface area contributed by atoms with Gasteiger partial charge < -0.3 is 15.2 Å². The molecule has 112 valence electrons. The Morgan fingerprint density at radius 1 is 1.29 bits per heavy atom. The van der Waals surface area contributed by atoms with Gasteiger partial charge in [0.05, 0.1) is 12.5 Å². The minimum atomic E-state index is -0.761. The minimum Gasteiger partial charge on any atom is -0.493 e. The zero-order valence-electron chi connectivity index (χ0n) is 11.8. The Bertz CT molecular complexity index is 569. The van der Waals surface area contributed by atoms with Crippen LogP contribution in [-0.2, 0) is 11.2 Å². The van der Waals surface area contributed by atoms with Gasteiger partial charge in [0, 0.05) is 18.0 Å². The third-order valence-electron chi connectivity index (χ3n) is 4.31. The van der Waals surface area contributed by atoms with Crippen molar-refractivity contribution < 1.29 is 19.4 Å². The molecule has 1 aromatic rings. The Kier molecular flexibility index (Phi) is 3.82. The second kappa shape index (κ2) is 5.76. The van der Waals surface area contributed by atoms with E-state index in [2.05, 4.69) is 5.32 Å². The van der Waals surface area contributed by atoms with Crippen molar-refractivity contribution in [2.45, 2.75) is 38.1 Å². The lowest BCUT2D eigenvalue weighted by Gasteiger charge is -2.27. The van der Waals surface area contributed by atoms with Crippen LogP contribution in [0.1, 0.15) is 41.6 Å². The number of carboxylic acids is 1. The van der Waals surface area contributed by atoms with Gasteiger partial charge in [-0.1, -0.05) is 6.42 Å². The number of ether oxygens (including phenoxy) is 1. The van der Waals surface area contributed by atoms with E-state index in [4.69, 9.17) is 9.84 Å². The molecule has 3 rings (SSSR count). The second-order valence-electron chi connectivity index (χ2n) is 5.79. The van der Waals surface area contributed by atoms with Crippen LogP contribution in [0.5, 0.6) is 5.75 Å². The molecule has 1 fully saturated rings. The van der Waals surface area contributed by atoms with E-state index >= 15 is 0 Å². The smallest absolute Gasteiger partial charge is 0.306 e. The first-order valence-electron chi connectivity index (χ1n) is 7.43. The van der Waals surface area contributed by atoms with Crippen LogP contribution in [0.25, 0.3) is 0 Å². The van der Waals surface area contributed by atoms with Crippen LogP contribution in [0, 0.1) is 5.92 Å². The van der Waals surface area contributed by atoms with E-state index in [9.17, 15) is 9.59 Å². The van der Waals surface area contributed by atoms with E-state index in [0.717, 1.165) is 30.6 Å². The number of hydrogen-bond donors (Lipinski definition) is 2. The maximum atomic E-state index is 12.3. The summed E-state index contributed by atoms with van der Waals surface area (Å²) in [5, 5.41) is 12.1. The van der Waals surface area contributed by atoms with Crippen molar-refractivity contribution in [2.75, 3.05) is 6.61 Å². The summed E-state index contributed by atoms with van der Waals surface area (Å²) in [6.45, 7) is 0.670. The predicted octanol–water partition coefficient (Wildman–Crippen LogP) is 1.99. The quantitative estimate of drug-likeness (QED) is 0.892. The minimum absolute atomic E-state index is 0.0446. The van der Waals surface area contributed by atoms with E-state index in [0.29, 0.717) is 25.0 Å². The van der Waals surface area contributed by atoms with Crippen molar-refractivity contribution in [3.63, 3.8) is 0 Å². The lowest BCUT2D eigenvalue weighted by Crippen LogP contribution is -2.39. The molecule has 0 aromatic heterocycles. The number of nitrogens with one attached hydrogen (secondary N) is 1. The maximum Gasteiger partial charge on any atom is 0.306 e. The third-order valence-corrected chi connectivity index (χ3v) is 4.31. The van der Waals surface area contributed by atoms with Crippen LogP contribution in [0.2, 0.25) is 0 Å². The van der Waals surface area contributed by atoms with Crippen molar-refractivity contribution in [2.24, 2.45) is 5.92 Å². The fourth-order valence-electron chi connectivity index (χ4n) is 3.14. The summed E-state index contributed by atoms with van der Waals surface area (Å²) in [6.07, 6.45) is 3.76. The van der Waals surface area contributed by atoms with Gasteiger partial charge in [0.25, 0.3) is 5.91 Å². The zero-order chi connectivity index (χ0) is 14.8. The lowest BCUT2D eigenvalue weighted by molar-refractivity contribution is -0.143. The largest absolute Gasteiger partial charge is 0.493 e. The average Bonchev–Trinajstić information content (AvgIpc) is 2.94. The van der Waals surface area contributed by atoms with E-state index in [1.54, 1.807) is 6.07 Å². The molecule has 2 N–H and O–H groups in total. The molecule has 5 heteroatoms. The third kappa shape index (κ3) is 3.01. The topological polar surface area (TPSA) is 75.6 Å². The van der Waals surface area contributed by atoms with Crippen LogP contribution >= 0.6 is 0 Å². The Morgan fingerprint density at radius 2 is 2.14 bits per heavy atom. The van der Waals surface area contributed by atoms with Gasteiger partial charge in [0.2, 0.25) is 0 Å². The first-order chi connectivity index (χ1) is 10.1. The highest BCUT2D eigenvalue weighted by atomic mass is 16.5. The zero-order valence-corrected chi connectivity index (χ0v) is 11.8. The number of carbonyl (C=O) groups excluding carboxylic acids is 1. The number of benzene rings is 1. The predicted molar refractivity (Wildman–Crippen MR) is 76.5 cm³/mol. The van der Waals surface area contributed by atoms with E-state index in [1.807, 2.05) is 12.1 Å². The van der Waals surface area contributed by atoms with Crippen molar-refractivity contribution in [3.8, 4) is 5.75 Å². The Labute approximate surface area is 123 Å². The van der Waals surface area contributed by atoms with Crippen LogP contribution in [0.15, 0.2) is 18.2 Å². The number of amides is 1. The molecule has 1 aliphatic carbocycles. The van der Waals surface area contributed by atoms with Gasteiger partial charge in [0.15, 0.2) is 0 Å². The molecule has 1 aliphatic heterocycles. The molecule has 21 heavy (non-hydrogen) atoms. The molecule has 1 saturated carbocycles. The van der Waals surface area contributed by atoms with Gasteiger partial charge in [-0.2, -0.15) is 0 Å². The first kappa shape index (κ1) is 13.9.